The predicted octanol–water partition coefficient (Wildman–Crippen LogP) is 1.28. The molecule has 2 heterocycles. The van der Waals surface area contributed by atoms with E-state index in [0.717, 1.165) is 0 Å². The number of carbonyl (C=O) groups excluding carboxylic acids is 2. The number of hydrogen-bond acceptors (Lipinski definition) is 4. The molecule has 7 nitrogen and oxygen atoms in total. The number of rotatable bonds is 1. The van der Waals surface area contributed by atoms with Crippen LogP contribution in [0.25, 0.3) is 0 Å². The van der Waals surface area contributed by atoms with Crippen molar-refractivity contribution in [2.75, 3.05) is 11.9 Å². The van der Waals surface area contributed by atoms with E-state index in [-0.39, 0.29) is 5.91 Å². The lowest BCUT2D eigenvalue weighted by Gasteiger charge is -2.20. The molecule has 0 saturated carbocycles. The van der Waals surface area contributed by atoms with Crippen LogP contribution in [0, 0.1) is 6.92 Å². The molecule has 0 fully saturated rings. The Morgan fingerprint density at radius 3 is 2.79 bits per heavy atom. The fourth-order valence-corrected chi connectivity index (χ4v) is 1.89. The number of aromatic nitrogens is 2. The van der Waals surface area contributed by atoms with Gasteiger partial charge in [-0.25, -0.2) is 4.79 Å². The third-order valence-electron chi connectivity index (χ3n) is 2.58. The normalized spacial score (nSPS) is 14.6. The molecule has 19 heavy (non-hydrogen) atoms. The maximum absolute atomic E-state index is 11.8. The molecule has 0 saturated heterocycles. The Labute approximate surface area is 111 Å². The summed E-state index contributed by atoms with van der Waals surface area (Å²) in [5, 5.41) is 9.56. The number of fused-ring (bicyclic) bond motifs is 1. The molecule has 2 N–H and O–H groups in total. The number of hydrogen-bond donors (Lipinski definition) is 2. The van der Waals surface area contributed by atoms with Crippen LogP contribution in [-0.4, -0.2) is 33.9 Å². The Bertz CT molecular complexity index is 528. The number of carbonyl (C=O) groups is 2. The fourth-order valence-electron chi connectivity index (χ4n) is 1.89. The smallest absolute Gasteiger partial charge is 0.412 e. The molecule has 0 unspecified atom stereocenters. The molecule has 0 bridgehead atoms. The van der Waals surface area contributed by atoms with Crippen LogP contribution in [0.2, 0.25) is 0 Å². The van der Waals surface area contributed by atoms with E-state index in [0.29, 0.717) is 30.2 Å². The van der Waals surface area contributed by atoms with Gasteiger partial charge < -0.3 is 10.1 Å². The van der Waals surface area contributed by atoms with Gasteiger partial charge in [-0.05, 0) is 27.7 Å². The van der Waals surface area contributed by atoms with E-state index >= 15 is 0 Å². The van der Waals surface area contributed by atoms with Crippen LogP contribution in [0.15, 0.2) is 0 Å². The Kier molecular flexibility index (Phi) is 3.21. The summed E-state index contributed by atoms with van der Waals surface area (Å²) in [6.07, 6.45) is -0.593. The van der Waals surface area contributed by atoms with Gasteiger partial charge in [-0.2, -0.15) is 5.10 Å². The summed E-state index contributed by atoms with van der Waals surface area (Å²) in [4.78, 5) is 23.6. The maximum atomic E-state index is 11.8. The molecule has 1 aliphatic rings. The van der Waals surface area contributed by atoms with Gasteiger partial charge in [-0.3, -0.25) is 14.8 Å². The van der Waals surface area contributed by atoms with Crippen molar-refractivity contribution in [3.8, 4) is 0 Å². The van der Waals surface area contributed by atoms with Crippen molar-refractivity contribution in [3.63, 3.8) is 0 Å². The van der Waals surface area contributed by atoms with E-state index in [1.54, 1.807) is 32.4 Å². The molecule has 7 heteroatoms. The summed E-state index contributed by atoms with van der Waals surface area (Å²) in [6, 6.07) is 0. The zero-order valence-corrected chi connectivity index (χ0v) is 11.5. The third kappa shape index (κ3) is 2.86. The van der Waals surface area contributed by atoms with Crippen LogP contribution in [-0.2, 0) is 11.3 Å². The van der Waals surface area contributed by atoms with Crippen molar-refractivity contribution in [1.29, 1.82) is 0 Å². The van der Waals surface area contributed by atoms with Gasteiger partial charge in [0, 0.05) is 6.54 Å². The van der Waals surface area contributed by atoms with Gasteiger partial charge in [-0.15, -0.1) is 0 Å². The molecule has 104 valence electrons. The SMILES string of the molecule is Cc1nn2c(c1NC(=O)OC(C)(C)C)C(=O)NCC2. The summed E-state index contributed by atoms with van der Waals surface area (Å²) in [7, 11) is 0. The van der Waals surface area contributed by atoms with E-state index in [1.807, 2.05) is 0 Å². The van der Waals surface area contributed by atoms with Crippen molar-refractivity contribution in [3.05, 3.63) is 11.4 Å². The number of aryl methyl sites for hydroxylation is 1. The van der Waals surface area contributed by atoms with Crippen molar-refractivity contribution >= 4 is 17.7 Å². The molecule has 0 aromatic carbocycles. The first-order valence-corrected chi connectivity index (χ1v) is 6.13. The second kappa shape index (κ2) is 4.56. The Balaban J connectivity index is 2.24. The molecule has 2 rings (SSSR count). The zero-order chi connectivity index (χ0) is 14.2. The van der Waals surface area contributed by atoms with E-state index in [4.69, 9.17) is 4.74 Å². The maximum Gasteiger partial charge on any atom is 0.412 e. The van der Waals surface area contributed by atoms with E-state index < -0.39 is 11.7 Å². The summed E-state index contributed by atoms with van der Waals surface area (Å²) < 4.78 is 6.77. The highest BCUT2D eigenvalue weighted by molar-refractivity contribution is 6.02. The summed E-state index contributed by atoms with van der Waals surface area (Å²) in [5.74, 6) is -0.238. The second-order valence-corrected chi connectivity index (χ2v) is 5.41. The largest absolute Gasteiger partial charge is 0.444 e. The van der Waals surface area contributed by atoms with Crippen molar-refractivity contribution in [2.45, 2.75) is 39.8 Å². The van der Waals surface area contributed by atoms with Crippen molar-refractivity contribution < 1.29 is 14.3 Å². The molecule has 1 aliphatic heterocycles. The number of ether oxygens (including phenoxy) is 1. The van der Waals surface area contributed by atoms with Gasteiger partial charge in [0.1, 0.15) is 11.3 Å². The van der Waals surface area contributed by atoms with Gasteiger partial charge in [-0.1, -0.05) is 0 Å². The summed E-state index contributed by atoms with van der Waals surface area (Å²) in [5.41, 5.74) is 0.784. The Hall–Kier alpha value is -2.05. The van der Waals surface area contributed by atoms with Crippen LogP contribution < -0.4 is 10.6 Å². The van der Waals surface area contributed by atoms with Gasteiger partial charge in [0.15, 0.2) is 0 Å². The number of anilines is 1. The van der Waals surface area contributed by atoms with Crippen molar-refractivity contribution in [2.24, 2.45) is 0 Å². The lowest BCUT2D eigenvalue weighted by atomic mass is 10.2. The quantitative estimate of drug-likeness (QED) is 0.802. The first-order chi connectivity index (χ1) is 8.78. The Morgan fingerprint density at radius 2 is 2.16 bits per heavy atom. The third-order valence-corrected chi connectivity index (χ3v) is 2.58. The number of nitrogens with one attached hydrogen (secondary N) is 2. The summed E-state index contributed by atoms with van der Waals surface area (Å²) in [6.45, 7) is 8.21. The molecule has 0 atom stereocenters. The second-order valence-electron chi connectivity index (χ2n) is 5.41. The minimum Gasteiger partial charge on any atom is -0.444 e. The Morgan fingerprint density at radius 1 is 1.47 bits per heavy atom. The standard InChI is InChI=1S/C12H18N4O3/c1-7-8(14-11(18)19-12(2,3)4)9-10(17)13-5-6-16(9)15-7/h5-6H2,1-4H3,(H,13,17)(H,14,18). The fraction of sp³-hybridized carbons (Fsp3) is 0.583. The average molecular weight is 266 g/mol. The highest BCUT2D eigenvalue weighted by atomic mass is 16.6. The molecule has 0 aliphatic carbocycles. The molecule has 0 spiro atoms. The lowest BCUT2D eigenvalue weighted by Crippen LogP contribution is -2.36. The molecular formula is C12H18N4O3. The molecule has 1 aromatic rings. The zero-order valence-electron chi connectivity index (χ0n) is 11.5. The van der Waals surface area contributed by atoms with Gasteiger partial charge in [0.25, 0.3) is 5.91 Å². The van der Waals surface area contributed by atoms with Crippen LogP contribution in [0.5, 0.6) is 0 Å². The topological polar surface area (TPSA) is 85.2 Å². The predicted molar refractivity (Wildman–Crippen MR) is 69.2 cm³/mol. The highest BCUT2D eigenvalue weighted by Crippen LogP contribution is 2.22. The van der Waals surface area contributed by atoms with E-state index in [9.17, 15) is 9.59 Å². The molecule has 1 aromatic heterocycles. The lowest BCUT2D eigenvalue weighted by molar-refractivity contribution is 0.0635. The van der Waals surface area contributed by atoms with Crippen LogP contribution in [0.4, 0.5) is 10.5 Å². The first-order valence-electron chi connectivity index (χ1n) is 6.13. The number of nitrogens with zero attached hydrogens (tertiary/aromatic N) is 2. The van der Waals surface area contributed by atoms with Crippen LogP contribution >= 0.6 is 0 Å². The van der Waals surface area contributed by atoms with E-state index in [2.05, 4.69) is 15.7 Å². The summed E-state index contributed by atoms with van der Waals surface area (Å²) >= 11 is 0. The highest BCUT2D eigenvalue weighted by Gasteiger charge is 2.27. The number of amides is 2. The van der Waals surface area contributed by atoms with Gasteiger partial charge in [0.2, 0.25) is 0 Å². The van der Waals surface area contributed by atoms with Gasteiger partial charge >= 0.3 is 6.09 Å². The first kappa shape index (κ1) is 13.4. The minimum atomic E-state index is -0.593. The van der Waals surface area contributed by atoms with Crippen LogP contribution in [0.3, 0.4) is 0 Å². The molecule has 2 amide bonds. The van der Waals surface area contributed by atoms with Gasteiger partial charge in [0.05, 0.1) is 17.9 Å². The minimum absolute atomic E-state index is 0.238. The van der Waals surface area contributed by atoms with Crippen molar-refractivity contribution in [1.82, 2.24) is 15.1 Å². The van der Waals surface area contributed by atoms with Crippen LogP contribution in [0.1, 0.15) is 37.0 Å². The average Bonchev–Trinajstić information content (AvgIpc) is 2.54. The van der Waals surface area contributed by atoms with E-state index in [1.165, 1.54) is 0 Å². The monoisotopic (exact) mass is 266 g/mol. The molecular weight excluding hydrogens is 248 g/mol. The molecule has 0 radical (unpaired) electrons.